The van der Waals surface area contributed by atoms with Crippen molar-refractivity contribution in [2.24, 2.45) is 0 Å². The van der Waals surface area contributed by atoms with Gasteiger partial charge >= 0.3 is 0 Å². The minimum atomic E-state index is -0.530. The summed E-state index contributed by atoms with van der Waals surface area (Å²) in [4.78, 5) is 16.0. The molecule has 3 nitrogen and oxygen atoms in total. The largest absolute Gasteiger partial charge is 0.208 e. The number of fused-ring (bicyclic) bond motifs is 6. The van der Waals surface area contributed by atoms with E-state index in [1.807, 2.05) is 0 Å². The molecule has 13 rings (SSSR count). The fourth-order valence-electron chi connectivity index (χ4n) is 10.6. The van der Waals surface area contributed by atoms with E-state index in [1.165, 1.54) is 54.9 Å². The smallest absolute Gasteiger partial charge is 0.164 e. The number of hydrogen-bond acceptors (Lipinski definition) is 3. The Balaban J connectivity index is 1.07. The second-order valence-corrected chi connectivity index (χ2v) is 17.5. The van der Waals surface area contributed by atoms with Gasteiger partial charge in [0.15, 0.2) is 17.5 Å². The molecule has 12 aromatic rings. The zero-order valence-corrected chi connectivity index (χ0v) is 36.5. The predicted octanol–water partition coefficient (Wildman–Crippen LogP) is 16.0. The summed E-state index contributed by atoms with van der Waals surface area (Å²) in [5.41, 5.74) is 14.2. The van der Waals surface area contributed by atoms with Crippen LogP contribution in [0.3, 0.4) is 0 Å². The Bertz CT molecular complexity index is 3730. The summed E-state index contributed by atoms with van der Waals surface area (Å²) in [6.45, 7) is 0. The molecule has 67 heavy (non-hydrogen) atoms. The lowest BCUT2D eigenvalue weighted by atomic mass is 9.67. The van der Waals surface area contributed by atoms with Gasteiger partial charge in [0, 0.05) is 16.7 Å². The SMILES string of the molecule is c1ccc(C2(c3ccccc3)c3ccccc3-c3ccc(-c4cc(-c5nc(-c6ccc7ccccc7c6)nc(-c6ccc7ccccc7c6)n5)cc(-c5cccc6ccccc56)c4)cc32)cc1. The highest BCUT2D eigenvalue weighted by atomic mass is 15.0. The van der Waals surface area contributed by atoms with E-state index < -0.39 is 5.41 Å². The van der Waals surface area contributed by atoms with Crippen LogP contribution in [0.2, 0.25) is 0 Å². The minimum Gasteiger partial charge on any atom is -0.208 e. The van der Waals surface area contributed by atoms with Gasteiger partial charge < -0.3 is 0 Å². The molecule has 1 heterocycles. The normalized spacial score (nSPS) is 12.6. The van der Waals surface area contributed by atoms with Crippen LogP contribution in [-0.4, -0.2) is 15.0 Å². The maximum absolute atomic E-state index is 5.37. The van der Waals surface area contributed by atoms with Crippen molar-refractivity contribution in [3.63, 3.8) is 0 Å². The summed E-state index contributed by atoms with van der Waals surface area (Å²) in [5, 5.41) is 6.99. The van der Waals surface area contributed by atoms with E-state index in [2.05, 4.69) is 249 Å². The van der Waals surface area contributed by atoms with Crippen molar-refractivity contribution < 1.29 is 0 Å². The van der Waals surface area contributed by atoms with Crippen molar-refractivity contribution in [2.45, 2.75) is 5.41 Å². The van der Waals surface area contributed by atoms with Crippen LogP contribution in [0.5, 0.6) is 0 Å². The lowest BCUT2D eigenvalue weighted by Gasteiger charge is -2.34. The quantitative estimate of drug-likeness (QED) is 0.160. The van der Waals surface area contributed by atoms with Gasteiger partial charge in [-0.25, -0.2) is 15.0 Å². The zero-order valence-electron chi connectivity index (χ0n) is 36.5. The van der Waals surface area contributed by atoms with Crippen molar-refractivity contribution in [2.75, 3.05) is 0 Å². The highest BCUT2D eigenvalue weighted by Gasteiger charge is 2.46. The second-order valence-electron chi connectivity index (χ2n) is 17.5. The van der Waals surface area contributed by atoms with Gasteiger partial charge in [0.25, 0.3) is 0 Å². The lowest BCUT2D eigenvalue weighted by Crippen LogP contribution is -2.28. The fourth-order valence-corrected chi connectivity index (χ4v) is 10.6. The van der Waals surface area contributed by atoms with Gasteiger partial charge in [0.1, 0.15) is 0 Å². The van der Waals surface area contributed by atoms with Crippen LogP contribution >= 0.6 is 0 Å². The average molecular weight is 852 g/mol. The zero-order chi connectivity index (χ0) is 44.3. The maximum Gasteiger partial charge on any atom is 0.164 e. The molecule has 1 aliphatic rings. The minimum absolute atomic E-state index is 0.530. The van der Waals surface area contributed by atoms with Crippen LogP contribution in [0, 0.1) is 0 Å². The third kappa shape index (κ3) is 6.47. The number of rotatable bonds is 7. The molecule has 1 aromatic heterocycles. The molecule has 0 atom stereocenters. The molecular formula is C64H41N3. The van der Waals surface area contributed by atoms with Gasteiger partial charge in [-0.15, -0.1) is 0 Å². The van der Waals surface area contributed by atoms with Crippen molar-refractivity contribution >= 4 is 32.3 Å². The molecule has 0 amide bonds. The first-order valence-corrected chi connectivity index (χ1v) is 22.9. The summed E-state index contributed by atoms with van der Waals surface area (Å²) >= 11 is 0. The third-order valence-corrected chi connectivity index (χ3v) is 13.7. The molecule has 0 saturated carbocycles. The summed E-state index contributed by atoms with van der Waals surface area (Å²) in [6.07, 6.45) is 0. The van der Waals surface area contributed by atoms with Crippen molar-refractivity contribution in [1.29, 1.82) is 0 Å². The summed E-state index contributed by atoms with van der Waals surface area (Å²) in [7, 11) is 0. The Morgan fingerprint density at radius 3 is 1.36 bits per heavy atom. The van der Waals surface area contributed by atoms with E-state index in [0.29, 0.717) is 17.5 Å². The predicted molar refractivity (Wildman–Crippen MR) is 277 cm³/mol. The van der Waals surface area contributed by atoms with Crippen molar-refractivity contribution in [1.82, 2.24) is 15.0 Å². The molecule has 312 valence electrons. The third-order valence-electron chi connectivity index (χ3n) is 13.7. The first kappa shape index (κ1) is 38.6. The topological polar surface area (TPSA) is 38.7 Å². The first-order valence-electron chi connectivity index (χ1n) is 22.9. The van der Waals surface area contributed by atoms with Crippen LogP contribution in [0.15, 0.2) is 249 Å². The van der Waals surface area contributed by atoms with Gasteiger partial charge in [0.05, 0.1) is 5.41 Å². The molecule has 0 radical (unpaired) electrons. The summed E-state index contributed by atoms with van der Waals surface area (Å²) in [5.74, 6) is 1.87. The Kier molecular flexibility index (Phi) is 9.07. The number of benzene rings is 11. The van der Waals surface area contributed by atoms with Gasteiger partial charge in [-0.1, -0.05) is 212 Å². The van der Waals surface area contributed by atoms with E-state index >= 15 is 0 Å². The molecule has 0 fully saturated rings. The molecule has 0 unspecified atom stereocenters. The number of hydrogen-bond donors (Lipinski definition) is 0. The molecule has 0 bridgehead atoms. The molecule has 0 N–H and O–H groups in total. The van der Waals surface area contributed by atoms with Crippen LogP contribution in [-0.2, 0) is 5.41 Å². The Hall–Kier alpha value is -8.79. The molecule has 0 spiro atoms. The molecule has 3 heteroatoms. The Morgan fingerprint density at radius 2 is 0.701 bits per heavy atom. The van der Waals surface area contributed by atoms with E-state index in [0.717, 1.165) is 49.7 Å². The van der Waals surface area contributed by atoms with Gasteiger partial charge in [-0.3, -0.25) is 0 Å². The highest BCUT2D eigenvalue weighted by molar-refractivity contribution is 5.99. The fraction of sp³-hybridized carbons (Fsp3) is 0.0156. The first-order chi connectivity index (χ1) is 33.2. The van der Waals surface area contributed by atoms with Gasteiger partial charge in [0.2, 0.25) is 0 Å². The average Bonchev–Trinajstić information content (AvgIpc) is 3.71. The number of nitrogens with zero attached hydrogens (tertiary/aromatic N) is 3. The Labute approximate surface area is 389 Å². The van der Waals surface area contributed by atoms with Gasteiger partial charge in [-0.2, -0.15) is 0 Å². The highest BCUT2D eigenvalue weighted by Crippen LogP contribution is 2.57. The van der Waals surface area contributed by atoms with Gasteiger partial charge in [-0.05, 0) is 124 Å². The monoisotopic (exact) mass is 851 g/mol. The van der Waals surface area contributed by atoms with Crippen LogP contribution < -0.4 is 0 Å². The molecule has 11 aromatic carbocycles. The van der Waals surface area contributed by atoms with E-state index in [4.69, 9.17) is 15.0 Å². The summed E-state index contributed by atoms with van der Waals surface area (Å²) < 4.78 is 0. The van der Waals surface area contributed by atoms with Crippen LogP contribution in [0.25, 0.3) is 99.9 Å². The van der Waals surface area contributed by atoms with E-state index in [9.17, 15) is 0 Å². The maximum atomic E-state index is 5.37. The van der Waals surface area contributed by atoms with Crippen molar-refractivity contribution in [3.05, 3.63) is 271 Å². The van der Waals surface area contributed by atoms with Crippen LogP contribution in [0.4, 0.5) is 0 Å². The lowest BCUT2D eigenvalue weighted by molar-refractivity contribution is 0.769. The molecule has 1 aliphatic carbocycles. The molecular weight excluding hydrogens is 811 g/mol. The van der Waals surface area contributed by atoms with Crippen molar-refractivity contribution in [3.8, 4) is 67.5 Å². The molecule has 0 aliphatic heterocycles. The summed E-state index contributed by atoms with van der Waals surface area (Å²) in [6, 6.07) is 89.9. The second kappa shape index (κ2) is 15.7. The number of aromatic nitrogens is 3. The van der Waals surface area contributed by atoms with E-state index in [-0.39, 0.29) is 0 Å². The molecule has 0 saturated heterocycles. The Morgan fingerprint density at radius 1 is 0.239 bits per heavy atom. The van der Waals surface area contributed by atoms with Crippen LogP contribution in [0.1, 0.15) is 22.3 Å². The standard InChI is InChI=1S/C64H41N3/c1-3-22-53(23-4-1)64(54-24-5-2-6-25-54)59-29-14-13-27-57(59)58-35-34-47(41-60(58)64)50-38-51(56-28-15-21-44-18-11-12-26-55(44)56)40-52(39-50)63-66-61(48-32-30-42-16-7-9-19-45(42)36-48)65-62(67-63)49-33-31-43-17-8-10-20-46(43)37-49/h1-41H. The van der Waals surface area contributed by atoms with E-state index in [1.54, 1.807) is 0 Å².